The fourth-order valence-corrected chi connectivity index (χ4v) is 1.71. The van der Waals surface area contributed by atoms with Gasteiger partial charge in [-0.1, -0.05) is 19.1 Å². The maximum absolute atomic E-state index is 2.20. The Morgan fingerprint density at radius 1 is 1.23 bits per heavy atom. The monoisotopic (exact) mass is 172 g/mol. The Morgan fingerprint density at radius 2 is 2.08 bits per heavy atom. The zero-order chi connectivity index (χ0) is 9.26. The number of aromatic nitrogens is 1. The van der Waals surface area contributed by atoms with E-state index in [0.717, 1.165) is 6.42 Å². The quantitative estimate of drug-likeness (QED) is 0.581. The van der Waals surface area contributed by atoms with Gasteiger partial charge in [0.2, 0.25) is 0 Å². The predicted molar refractivity (Wildman–Crippen MR) is 54.5 cm³/mol. The zero-order valence-corrected chi connectivity index (χ0v) is 8.12. The number of fused-ring (bicyclic) bond motifs is 1. The van der Waals surface area contributed by atoms with Crippen LogP contribution in [0.25, 0.3) is 10.8 Å². The van der Waals surface area contributed by atoms with Crippen molar-refractivity contribution in [3.8, 4) is 0 Å². The molecule has 1 nitrogen and oxygen atoms in total. The molecular formula is C12H14N+. The lowest BCUT2D eigenvalue weighted by atomic mass is 10.1. The highest BCUT2D eigenvalue weighted by Crippen LogP contribution is 2.16. The molecule has 0 aliphatic rings. The molecular weight excluding hydrogens is 158 g/mol. The third-order valence-electron chi connectivity index (χ3n) is 2.43. The van der Waals surface area contributed by atoms with Gasteiger partial charge in [0.1, 0.15) is 7.05 Å². The van der Waals surface area contributed by atoms with E-state index in [-0.39, 0.29) is 0 Å². The lowest BCUT2D eigenvalue weighted by molar-refractivity contribution is -0.670. The Morgan fingerprint density at radius 3 is 2.85 bits per heavy atom. The van der Waals surface area contributed by atoms with E-state index in [4.69, 9.17) is 0 Å². The molecule has 1 heteroatoms. The number of hydrogen-bond donors (Lipinski definition) is 0. The summed E-state index contributed by atoms with van der Waals surface area (Å²) >= 11 is 0. The van der Waals surface area contributed by atoms with Crippen molar-refractivity contribution in [3.05, 3.63) is 42.2 Å². The molecule has 1 aromatic heterocycles. The van der Waals surface area contributed by atoms with Crippen molar-refractivity contribution in [3.63, 3.8) is 0 Å². The van der Waals surface area contributed by atoms with Crippen LogP contribution < -0.4 is 4.57 Å². The second-order valence-electron chi connectivity index (χ2n) is 3.38. The molecule has 0 amide bonds. The number of aryl methyl sites for hydroxylation is 2. The first-order valence-corrected chi connectivity index (χ1v) is 4.68. The van der Waals surface area contributed by atoms with Crippen LogP contribution in [-0.2, 0) is 13.5 Å². The first-order chi connectivity index (χ1) is 6.31. The Kier molecular flexibility index (Phi) is 2.01. The van der Waals surface area contributed by atoms with Crippen LogP contribution >= 0.6 is 0 Å². The maximum atomic E-state index is 2.20. The van der Waals surface area contributed by atoms with Crippen molar-refractivity contribution < 1.29 is 4.57 Å². The van der Waals surface area contributed by atoms with Gasteiger partial charge in [0.05, 0.1) is 0 Å². The highest BCUT2D eigenvalue weighted by Gasteiger charge is 2.01. The minimum Gasteiger partial charge on any atom is -0.207 e. The summed E-state index contributed by atoms with van der Waals surface area (Å²) in [6, 6.07) is 8.67. The van der Waals surface area contributed by atoms with Gasteiger partial charge in [-0.25, -0.2) is 4.57 Å². The molecule has 2 rings (SSSR count). The average molecular weight is 172 g/mol. The predicted octanol–water partition coefficient (Wildman–Crippen LogP) is 2.23. The van der Waals surface area contributed by atoms with Gasteiger partial charge >= 0.3 is 0 Å². The highest BCUT2D eigenvalue weighted by atomic mass is 14.9. The fraction of sp³-hybridized carbons (Fsp3) is 0.250. The van der Waals surface area contributed by atoms with Crippen molar-refractivity contribution in [1.82, 2.24) is 0 Å². The first-order valence-electron chi connectivity index (χ1n) is 4.68. The number of nitrogens with zero attached hydrogens (tertiary/aromatic N) is 1. The van der Waals surface area contributed by atoms with E-state index in [1.54, 1.807) is 0 Å². The smallest absolute Gasteiger partial charge is 0.176 e. The third kappa shape index (κ3) is 1.42. The molecule has 1 aromatic carbocycles. The minimum absolute atomic E-state index is 1.10. The molecule has 0 atom stereocenters. The van der Waals surface area contributed by atoms with E-state index < -0.39 is 0 Å². The van der Waals surface area contributed by atoms with Crippen molar-refractivity contribution in [2.24, 2.45) is 7.05 Å². The van der Waals surface area contributed by atoms with Crippen LogP contribution in [0.4, 0.5) is 0 Å². The van der Waals surface area contributed by atoms with Crippen LogP contribution in [0.15, 0.2) is 36.7 Å². The standard InChI is InChI=1S/C12H14N/c1-3-10-5-4-6-11-9-13(2)8-7-12(10)11/h4-9H,3H2,1-2H3/q+1. The van der Waals surface area contributed by atoms with Crippen LogP contribution in [0.1, 0.15) is 12.5 Å². The topological polar surface area (TPSA) is 3.88 Å². The van der Waals surface area contributed by atoms with E-state index in [1.165, 1.54) is 16.3 Å². The van der Waals surface area contributed by atoms with E-state index >= 15 is 0 Å². The van der Waals surface area contributed by atoms with Crippen LogP contribution in [0.3, 0.4) is 0 Å². The van der Waals surface area contributed by atoms with E-state index in [9.17, 15) is 0 Å². The lowest BCUT2D eigenvalue weighted by Gasteiger charge is -2.01. The molecule has 0 radical (unpaired) electrons. The molecule has 2 aromatic rings. The maximum Gasteiger partial charge on any atom is 0.176 e. The van der Waals surface area contributed by atoms with Gasteiger partial charge in [0.15, 0.2) is 12.4 Å². The molecule has 1 heterocycles. The first kappa shape index (κ1) is 8.24. The van der Waals surface area contributed by atoms with Crippen molar-refractivity contribution in [2.45, 2.75) is 13.3 Å². The van der Waals surface area contributed by atoms with Crippen molar-refractivity contribution in [1.29, 1.82) is 0 Å². The van der Waals surface area contributed by atoms with Gasteiger partial charge in [-0.05, 0) is 23.4 Å². The largest absolute Gasteiger partial charge is 0.207 e. The summed E-state index contributed by atoms with van der Waals surface area (Å²) in [4.78, 5) is 0. The molecule has 0 aliphatic heterocycles. The SMILES string of the molecule is CCc1cccc2c[n+](C)ccc12. The molecule has 0 aliphatic carbocycles. The Hall–Kier alpha value is -1.37. The van der Waals surface area contributed by atoms with E-state index in [2.05, 4.69) is 55.2 Å². The normalized spacial score (nSPS) is 10.6. The highest BCUT2D eigenvalue weighted by molar-refractivity contribution is 5.84. The number of benzene rings is 1. The Bertz CT molecular complexity index is 432. The summed E-state index contributed by atoms with van der Waals surface area (Å²) in [5.74, 6) is 0. The van der Waals surface area contributed by atoms with Gasteiger partial charge in [-0.15, -0.1) is 0 Å². The summed E-state index contributed by atoms with van der Waals surface area (Å²) in [7, 11) is 2.05. The third-order valence-corrected chi connectivity index (χ3v) is 2.43. The second-order valence-corrected chi connectivity index (χ2v) is 3.38. The molecule has 0 bridgehead atoms. The van der Waals surface area contributed by atoms with Crippen LogP contribution in [-0.4, -0.2) is 0 Å². The average Bonchev–Trinajstić information content (AvgIpc) is 2.16. The van der Waals surface area contributed by atoms with Crippen molar-refractivity contribution >= 4 is 10.8 Å². The summed E-state index contributed by atoms with van der Waals surface area (Å²) in [6.07, 6.45) is 5.36. The van der Waals surface area contributed by atoms with Crippen LogP contribution in [0, 0.1) is 0 Å². The van der Waals surface area contributed by atoms with E-state index in [1.807, 2.05) is 0 Å². The number of pyridine rings is 1. The summed E-state index contributed by atoms with van der Waals surface area (Å²) in [5, 5.41) is 2.70. The zero-order valence-electron chi connectivity index (χ0n) is 8.12. The molecule has 0 saturated heterocycles. The molecule has 0 fully saturated rings. The summed E-state index contributed by atoms with van der Waals surface area (Å²) in [5.41, 5.74) is 1.43. The van der Waals surface area contributed by atoms with Gasteiger partial charge in [0, 0.05) is 11.5 Å². The fourth-order valence-electron chi connectivity index (χ4n) is 1.71. The summed E-state index contributed by atoms with van der Waals surface area (Å²) < 4.78 is 2.09. The lowest BCUT2D eigenvalue weighted by Crippen LogP contribution is -2.25. The van der Waals surface area contributed by atoms with Gasteiger partial charge < -0.3 is 0 Å². The van der Waals surface area contributed by atoms with Crippen molar-refractivity contribution in [2.75, 3.05) is 0 Å². The van der Waals surface area contributed by atoms with E-state index in [0.29, 0.717) is 0 Å². The molecule has 0 saturated carbocycles. The Balaban J connectivity index is 2.77. The second kappa shape index (κ2) is 3.17. The van der Waals surface area contributed by atoms with Gasteiger partial charge in [-0.2, -0.15) is 0 Å². The van der Waals surface area contributed by atoms with Gasteiger partial charge in [-0.3, -0.25) is 0 Å². The van der Waals surface area contributed by atoms with Crippen LogP contribution in [0.5, 0.6) is 0 Å². The number of hydrogen-bond acceptors (Lipinski definition) is 0. The van der Waals surface area contributed by atoms with Crippen LogP contribution in [0.2, 0.25) is 0 Å². The molecule has 66 valence electrons. The van der Waals surface area contributed by atoms with Gasteiger partial charge in [0.25, 0.3) is 0 Å². The molecule has 0 N–H and O–H groups in total. The molecule has 13 heavy (non-hydrogen) atoms. The minimum atomic E-state index is 1.10. The summed E-state index contributed by atoms with van der Waals surface area (Å²) in [6.45, 7) is 2.20. The molecule has 0 spiro atoms. The Labute approximate surface area is 78.6 Å². The number of rotatable bonds is 1. The molecule has 0 unspecified atom stereocenters.